The number of nitrogens with one attached hydrogen (secondary N) is 1. The average Bonchev–Trinajstić information content (AvgIpc) is 2.68. The van der Waals surface area contributed by atoms with E-state index < -0.39 is 57.7 Å². The second-order valence-corrected chi connectivity index (χ2v) is 7.59. The molecule has 0 aromatic heterocycles. The van der Waals surface area contributed by atoms with Crippen molar-refractivity contribution in [2.75, 3.05) is 18.5 Å². The summed E-state index contributed by atoms with van der Waals surface area (Å²) in [5, 5.41) is 64.8. The molecule has 0 unspecified atom stereocenters. The number of unbranched alkanes of at least 4 members (excludes halogenated alkanes) is 1. The molecule has 0 spiro atoms. The zero-order chi connectivity index (χ0) is 21.7. The summed E-state index contributed by atoms with van der Waals surface area (Å²) in [5.41, 5.74) is -2.22. The molecule has 0 amide bonds. The third-order valence-electron chi connectivity index (χ3n) is 4.41. The van der Waals surface area contributed by atoms with Crippen LogP contribution in [0.2, 0.25) is 0 Å². The predicted octanol–water partition coefficient (Wildman–Crippen LogP) is 0.607. The van der Waals surface area contributed by atoms with Crippen molar-refractivity contribution in [2.45, 2.75) is 54.5 Å². The monoisotopic (exact) mass is 433 g/mol. The quantitative estimate of drug-likeness (QED) is 0.208. The maximum absolute atomic E-state index is 11.4. The highest BCUT2D eigenvalue weighted by atomic mass is 32.2. The summed E-state index contributed by atoms with van der Waals surface area (Å²) in [6, 6.07) is 2.04. The van der Waals surface area contributed by atoms with Crippen molar-refractivity contribution in [1.82, 2.24) is 0 Å². The molecule has 0 bridgehead atoms. The highest BCUT2D eigenvalue weighted by Gasteiger charge is 2.44. The van der Waals surface area contributed by atoms with Crippen LogP contribution in [0.1, 0.15) is 19.8 Å². The minimum absolute atomic E-state index is 0.0380. The summed E-state index contributed by atoms with van der Waals surface area (Å²) in [5.74, 6) is 0. The summed E-state index contributed by atoms with van der Waals surface area (Å²) < 4.78 is 5.36. The highest BCUT2D eigenvalue weighted by molar-refractivity contribution is 8.00. The van der Waals surface area contributed by atoms with Crippen molar-refractivity contribution in [3.05, 3.63) is 32.4 Å². The molecule has 0 radical (unpaired) electrons. The number of nitrogens with zero attached hydrogens (tertiary/aromatic N) is 2. The lowest BCUT2D eigenvalue weighted by molar-refractivity contribution is -0.395. The van der Waals surface area contributed by atoms with E-state index in [1.165, 1.54) is 6.07 Å². The van der Waals surface area contributed by atoms with Crippen LogP contribution in [0.15, 0.2) is 17.0 Å². The Bertz CT molecular complexity index is 749. The summed E-state index contributed by atoms with van der Waals surface area (Å²) >= 11 is 0.668. The summed E-state index contributed by atoms with van der Waals surface area (Å²) in [6.45, 7) is 1.71. The number of nitro groups is 2. The van der Waals surface area contributed by atoms with E-state index in [1.807, 2.05) is 6.92 Å². The van der Waals surface area contributed by atoms with Crippen LogP contribution in [-0.4, -0.2) is 73.3 Å². The average molecular weight is 433 g/mol. The first-order valence-electron chi connectivity index (χ1n) is 8.89. The standard InChI is InChI=1S/C16H23N3O9S/c1-2-3-4-17-8-5-12(10(19(26)27)6-9(8)18(24)25)29-16-15(23)14(22)13(21)11(7-20)28-16/h5-6,11,13-17,20-23H,2-4,7H2,1H3/t11-,13+,14+,15-,16+/m1/s1. The molecule has 1 aliphatic rings. The maximum atomic E-state index is 11.4. The van der Waals surface area contributed by atoms with Crippen molar-refractivity contribution in [1.29, 1.82) is 0 Å². The van der Waals surface area contributed by atoms with Gasteiger partial charge in [-0.2, -0.15) is 0 Å². The SMILES string of the molecule is CCCCNc1cc(S[C@@H]2O[C@H](CO)[C@H](O)[C@H](O)[C@H]2O)c([N+](=O)[O-])cc1[N+](=O)[O-]. The second-order valence-electron chi connectivity index (χ2n) is 6.45. The number of aliphatic hydroxyl groups is 4. The summed E-state index contributed by atoms with van der Waals surface area (Å²) in [6.07, 6.45) is -4.43. The molecule has 1 heterocycles. The Kier molecular flexibility index (Phi) is 8.13. The zero-order valence-corrected chi connectivity index (χ0v) is 16.3. The topological polar surface area (TPSA) is 188 Å². The van der Waals surface area contributed by atoms with Crippen molar-refractivity contribution in [3.63, 3.8) is 0 Å². The molecule has 29 heavy (non-hydrogen) atoms. The molecule has 13 heteroatoms. The van der Waals surface area contributed by atoms with Gasteiger partial charge in [-0.05, 0) is 12.5 Å². The van der Waals surface area contributed by atoms with Gasteiger partial charge in [0.2, 0.25) is 0 Å². The Morgan fingerprint density at radius 3 is 2.31 bits per heavy atom. The van der Waals surface area contributed by atoms with E-state index >= 15 is 0 Å². The van der Waals surface area contributed by atoms with Crippen LogP contribution in [-0.2, 0) is 4.74 Å². The van der Waals surface area contributed by atoms with Crippen LogP contribution in [0.25, 0.3) is 0 Å². The number of hydrogen-bond donors (Lipinski definition) is 5. The van der Waals surface area contributed by atoms with Gasteiger partial charge < -0.3 is 30.5 Å². The van der Waals surface area contributed by atoms with Gasteiger partial charge in [0.15, 0.2) is 0 Å². The van der Waals surface area contributed by atoms with Gasteiger partial charge in [0.1, 0.15) is 35.5 Å². The Balaban J connectivity index is 2.40. The number of hydrogen-bond acceptors (Lipinski definition) is 11. The molecule has 1 aromatic rings. The molecule has 0 aliphatic carbocycles. The first-order chi connectivity index (χ1) is 13.7. The molecule has 2 rings (SSSR count). The fraction of sp³-hybridized carbons (Fsp3) is 0.625. The molecule has 162 valence electrons. The second kappa shape index (κ2) is 10.1. The predicted molar refractivity (Wildman–Crippen MR) is 103 cm³/mol. The normalized spacial score (nSPS) is 26.9. The van der Waals surface area contributed by atoms with Gasteiger partial charge in [-0.1, -0.05) is 25.1 Å². The minimum atomic E-state index is -1.64. The third-order valence-corrected chi connectivity index (χ3v) is 5.61. The van der Waals surface area contributed by atoms with Crippen LogP contribution < -0.4 is 5.32 Å². The zero-order valence-electron chi connectivity index (χ0n) is 15.5. The van der Waals surface area contributed by atoms with Gasteiger partial charge in [-0.3, -0.25) is 20.2 Å². The molecule has 0 saturated carbocycles. The van der Waals surface area contributed by atoms with E-state index in [1.54, 1.807) is 0 Å². The largest absolute Gasteiger partial charge is 0.394 e. The fourth-order valence-electron chi connectivity index (χ4n) is 2.78. The number of nitro benzene ring substituents is 2. The van der Waals surface area contributed by atoms with Gasteiger partial charge >= 0.3 is 0 Å². The summed E-state index contributed by atoms with van der Waals surface area (Å²) in [4.78, 5) is 21.2. The molecule has 12 nitrogen and oxygen atoms in total. The van der Waals surface area contributed by atoms with Gasteiger partial charge in [0.05, 0.1) is 27.4 Å². The molecule has 1 aliphatic heterocycles. The fourth-order valence-corrected chi connectivity index (χ4v) is 3.97. The van der Waals surface area contributed by atoms with Gasteiger partial charge in [0, 0.05) is 6.54 Å². The number of ether oxygens (including phenoxy) is 1. The minimum Gasteiger partial charge on any atom is -0.394 e. The Morgan fingerprint density at radius 2 is 1.76 bits per heavy atom. The third kappa shape index (κ3) is 5.32. The van der Waals surface area contributed by atoms with Crippen LogP contribution in [0.3, 0.4) is 0 Å². The van der Waals surface area contributed by atoms with Crippen LogP contribution in [0.5, 0.6) is 0 Å². The Morgan fingerprint density at radius 1 is 1.10 bits per heavy atom. The van der Waals surface area contributed by atoms with Gasteiger partial charge in [0.25, 0.3) is 11.4 Å². The van der Waals surface area contributed by atoms with Gasteiger partial charge in [-0.25, -0.2) is 0 Å². The molecule has 5 atom stereocenters. The lowest BCUT2D eigenvalue weighted by Gasteiger charge is -2.39. The molecular formula is C16H23N3O9S. The number of anilines is 1. The van der Waals surface area contributed by atoms with E-state index in [9.17, 15) is 40.7 Å². The van der Waals surface area contributed by atoms with Crippen molar-refractivity contribution in [3.8, 4) is 0 Å². The summed E-state index contributed by atoms with van der Waals surface area (Å²) in [7, 11) is 0. The molecule has 1 saturated heterocycles. The van der Waals surface area contributed by atoms with Crippen molar-refractivity contribution < 1.29 is 35.0 Å². The smallest absolute Gasteiger partial charge is 0.299 e. The van der Waals surface area contributed by atoms with E-state index in [-0.39, 0.29) is 10.6 Å². The van der Waals surface area contributed by atoms with E-state index in [2.05, 4.69) is 5.32 Å². The van der Waals surface area contributed by atoms with Crippen molar-refractivity contribution in [2.24, 2.45) is 0 Å². The number of thioether (sulfide) groups is 1. The van der Waals surface area contributed by atoms with Crippen LogP contribution in [0, 0.1) is 20.2 Å². The van der Waals surface area contributed by atoms with E-state index in [0.29, 0.717) is 18.3 Å². The molecule has 1 aromatic carbocycles. The lowest BCUT2D eigenvalue weighted by Crippen LogP contribution is -2.57. The number of aliphatic hydroxyl groups excluding tert-OH is 4. The first kappa shape index (κ1) is 23.3. The highest BCUT2D eigenvalue weighted by Crippen LogP contribution is 2.42. The number of benzene rings is 1. The van der Waals surface area contributed by atoms with Gasteiger partial charge in [-0.15, -0.1) is 0 Å². The number of rotatable bonds is 9. The van der Waals surface area contributed by atoms with Crippen LogP contribution >= 0.6 is 11.8 Å². The van der Waals surface area contributed by atoms with Crippen LogP contribution in [0.4, 0.5) is 17.1 Å². The van der Waals surface area contributed by atoms with E-state index in [0.717, 1.165) is 18.9 Å². The molecular weight excluding hydrogens is 410 g/mol. The van der Waals surface area contributed by atoms with E-state index in [4.69, 9.17) is 4.74 Å². The molecule has 5 N–H and O–H groups in total. The van der Waals surface area contributed by atoms with Crippen molar-refractivity contribution >= 4 is 28.8 Å². The Hall–Kier alpha value is -2.03. The molecule has 1 fully saturated rings. The maximum Gasteiger partial charge on any atom is 0.299 e. The first-order valence-corrected chi connectivity index (χ1v) is 9.77. The Labute approximate surface area is 169 Å². The lowest BCUT2D eigenvalue weighted by atomic mass is 10.0.